The Labute approximate surface area is 86.9 Å². The van der Waals surface area contributed by atoms with Gasteiger partial charge in [-0.15, -0.1) is 0 Å². The summed E-state index contributed by atoms with van der Waals surface area (Å²) in [6.45, 7) is 3.12. The van der Waals surface area contributed by atoms with Crippen molar-refractivity contribution >= 4 is 11.9 Å². The molecule has 0 aliphatic heterocycles. The zero-order valence-corrected chi connectivity index (χ0v) is 8.54. The number of ether oxygens (including phenoxy) is 1. The third-order valence-electron chi connectivity index (χ3n) is 1.89. The summed E-state index contributed by atoms with van der Waals surface area (Å²) in [6, 6.07) is 3.80. The van der Waals surface area contributed by atoms with Gasteiger partial charge in [-0.1, -0.05) is 6.92 Å². The van der Waals surface area contributed by atoms with Crippen molar-refractivity contribution in [2.24, 2.45) is 0 Å². The first-order valence-corrected chi connectivity index (χ1v) is 4.55. The highest BCUT2D eigenvalue weighted by Gasteiger charge is 2.12. The molecule has 0 fully saturated rings. The van der Waals surface area contributed by atoms with Gasteiger partial charge in [0.2, 0.25) is 0 Å². The van der Waals surface area contributed by atoms with Gasteiger partial charge in [0, 0.05) is 6.42 Å². The van der Waals surface area contributed by atoms with E-state index >= 15 is 0 Å². The number of esters is 2. The first-order valence-electron chi connectivity index (χ1n) is 4.55. The van der Waals surface area contributed by atoms with E-state index in [0.29, 0.717) is 5.56 Å². The molecule has 1 aromatic rings. The summed E-state index contributed by atoms with van der Waals surface area (Å²) in [6.07, 6.45) is 0.131. The quantitative estimate of drug-likeness (QED) is 0.555. The maximum absolute atomic E-state index is 12.9. The second-order valence-corrected chi connectivity index (χ2v) is 3.08. The zero-order valence-electron chi connectivity index (χ0n) is 8.54. The minimum atomic E-state index is -0.745. The molecule has 0 aliphatic carbocycles. The fraction of sp³-hybridized carbons (Fsp3) is 0.273. The molecule has 1 rings (SSSR count). The van der Waals surface area contributed by atoms with Crippen LogP contribution < -0.4 is 0 Å². The number of halogens is 1. The lowest BCUT2D eigenvalue weighted by Crippen LogP contribution is -2.11. The summed E-state index contributed by atoms with van der Waals surface area (Å²) in [7, 11) is 0. The monoisotopic (exact) mass is 210 g/mol. The lowest BCUT2D eigenvalue weighted by Gasteiger charge is -2.02. The van der Waals surface area contributed by atoms with E-state index in [1.54, 1.807) is 6.92 Å². The molecule has 0 atom stereocenters. The molecule has 0 aromatic heterocycles. The third kappa shape index (κ3) is 2.87. The summed E-state index contributed by atoms with van der Waals surface area (Å²) in [5.74, 6) is -1.74. The average molecular weight is 210 g/mol. The van der Waals surface area contributed by atoms with Gasteiger partial charge in [-0.3, -0.25) is 4.79 Å². The van der Waals surface area contributed by atoms with Crippen LogP contribution in [0.3, 0.4) is 0 Å². The van der Waals surface area contributed by atoms with Crippen molar-refractivity contribution in [3.05, 3.63) is 35.1 Å². The minimum absolute atomic E-state index is 0.131. The average Bonchev–Trinajstić information content (AvgIpc) is 2.21. The molecule has 3 nitrogen and oxygen atoms in total. The van der Waals surface area contributed by atoms with E-state index in [1.165, 1.54) is 25.1 Å². The number of hydrogen-bond donors (Lipinski definition) is 0. The van der Waals surface area contributed by atoms with E-state index in [1.807, 2.05) is 0 Å². The Hall–Kier alpha value is -1.71. The Bertz CT molecular complexity index is 399. The molecule has 0 saturated heterocycles. The molecule has 15 heavy (non-hydrogen) atoms. The predicted octanol–water partition coefficient (Wildman–Crippen LogP) is 2.23. The Balaban J connectivity index is 2.83. The van der Waals surface area contributed by atoms with Crippen LogP contribution in [0.5, 0.6) is 0 Å². The lowest BCUT2D eigenvalue weighted by molar-refractivity contribution is -0.137. The topological polar surface area (TPSA) is 43.4 Å². The Morgan fingerprint density at radius 2 is 2.07 bits per heavy atom. The predicted molar refractivity (Wildman–Crippen MR) is 51.9 cm³/mol. The molecule has 0 radical (unpaired) electrons. The normalized spacial score (nSPS) is 9.80. The molecule has 0 aliphatic rings. The fourth-order valence-electron chi connectivity index (χ4n) is 1.01. The van der Waals surface area contributed by atoms with Gasteiger partial charge in [0.15, 0.2) is 0 Å². The second-order valence-electron chi connectivity index (χ2n) is 3.08. The van der Waals surface area contributed by atoms with Crippen molar-refractivity contribution in [1.82, 2.24) is 0 Å². The van der Waals surface area contributed by atoms with Gasteiger partial charge < -0.3 is 4.74 Å². The van der Waals surface area contributed by atoms with Crippen molar-refractivity contribution in [3.8, 4) is 0 Å². The summed E-state index contributed by atoms with van der Waals surface area (Å²) in [5, 5.41) is 0. The zero-order chi connectivity index (χ0) is 11.4. The van der Waals surface area contributed by atoms with E-state index in [9.17, 15) is 14.0 Å². The SMILES string of the molecule is CCC(=O)OC(=O)c1ccc(F)c(C)c1. The molecule has 0 unspecified atom stereocenters. The highest BCUT2D eigenvalue weighted by molar-refractivity contribution is 5.96. The number of carbonyl (C=O) groups is 2. The number of benzene rings is 1. The largest absolute Gasteiger partial charge is 0.389 e. The van der Waals surface area contributed by atoms with E-state index in [-0.39, 0.29) is 12.0 Å². The maximum atomic E-state index is 12.9. The first-order chi connectivity index (χ1) is 7.04. The van der Waals surface area contributed by atoms with Crippen LogP contribution in [0.1, 0.15) is 29.3 Å². The first kappa shape index (κ1) is 11.4. The van der Waals surface area contributed by atoms with Crippen LogP contribution in [0.25, 0.3) is 0 Å². The van der Waals surface area contributed by atoms with Crippen LogP contribution in [0, 0.1) is 12.7 Å². The van der Waals surface area contributed by atoms with Crippen molar-refractivity contribution in [3.63, 3.8) is 0 Å². The second kappa shape index (κ2) is 4.68. The molecule has 1 aromatic carbocycles. The van der Waals surface area contributed by atoms with Crippen molar-refractivity contribution in [1.29, 1.82) is 0 Å². The van der Waals surface area contributed by atoms with Gasteiger partial charge in [0.1, 0.15) is 5.82 Å². The van der Waals surface area contributed by atoms with E-state index in [0.717, 1.165) is 0 Å². The number of hydrogen-bond acceptors (Lipinski definition) is 3. The number of aryl methyl sites for hydroxylation is 1. The molecule has 0 bridgehead atoms. The van der Waals surface area contributed by atoms with Gasteiger partial charge in [0.25, 0.3) is 0 Å². The maximum Gasteiger partial charge on any atom is 0.345 e. The van der Waals surface area contributed by atoms with Gasteiger partial charge in [0.05, 0.1) is 5.56 Å². The smallest absolute Gasteiger partial charge is 0.345 e. The van der Waals surface area contributed by atoms with Gasteiger partial charge in [-0.05, 0) is 30.7 Å². The van der Waals surface area contributed by atoms with Crippen LogP contribution in [0.15, 0.2) is 18.2 Å². The summed E-state index contributed by atoms with van der Waals surface area (Å²) >= 11 is 0. The van der Waals surface area contributed by atoms with Crippen molar-refractivity contribution in [2.75, 3.05) is 0 Å². The molecule has 0 spiro atoms. The Morgan fingerprint density at radius 3 is 2.60 bits per heavy atom. The standard InChI is InChI=1S/C11H11FO3/c1-3-10(13)15-11(14)8-4-5-9(12)7(2)6-8/h4-6H,3H2,1-2H3. The van der Waals surface area contributed by atoms with Gasteiger partial charge in [-0.25, -0.2) is 9.18 Å². The van der Waals surface area contributed by atoms with Crippen molar-refractivity contribution in [2.45, 2.75) is 20.3 Å². The molecular weight excluding hydrogens is 199 g/mol. The third-order valence-corrected chi connectivity index (χ3v) is 1.89. The lowest BCUT2D eigenvalue weighted by atomic mass is 10.1. The minimum Gasteiger partial charge on any atom is -0.389 e. The van der Waals surface area contributed by atoms with Crippen LogP contribution >= 0.6 is 0 Å². The van der Waals surface area contributed by atoms with E-state index < -0.39 is 17.8 Å². The summed E-state index contributed by atoms with van der Waals surface area (Å²) < 4.78 is 17.4. The molecule has 0 heterocycles. The van der Waals surface area contributed by atoms with Crippen molar-refractivity contribution < 1.29 is 18.7 Å². The molecule has 0 amide bonds. The van der Waals surface area contributed by atoms with E-state index in [4.69, 9.17) is 0 Å². The number of carbonyl (C=O) groups excluding carboxylic acids is 2. The van der Waals surface area contributed by atoms with E-state index in [2.05, 4.69) is 4.74 Å². The Kier molecular flexibility index (Phi) is 3.55. The molecular formula is C11H11FO3. The van der Waals surface area contributed by atoms with Crippen LogP contribution in [-0.2, 0) is 9.53 Å². The molecule has 4 heteroatoms. The molecule has 80 valence electrons. The summed E-state index contributed by atoms with van der Waals surface area (Å²) in [4.78, 5) is 22.1. The number of rotatable bonds is 2. The molecule has 0 saturated carbocycles. The van der Waals surface area contributed by atoms with Crippen LogP contribution in [-0.4, -0.2) is 11.9 Å². The van der Waals surface area contributed by atoms with Gasteiger partial charge in [-0.2, -0.15) is 0 Å². The van der Waals surface area contributed by atoms with Gasteiger partial charge >= 0.3 is 11.9 Å². The Morgan fingerprint density at radius 1 is 1.40 bits per heavy atom. The fourth-order valence-corrected chi connectivity index (χ4v) is 1.01. The molecule has 0 N–H and O–H groups in total. The summed E-state index contributed by atoms with van der Waals surface area (Å²) in [5.41, 5.74) is 0.518. The van der Waals surface area contributed by atoms with Crippen LogP contribution in [0.2, 0.25) is 0 Å². The highest BCUT2D eigenvalue weighted by Crippen LogP contribution is 2.10. The highest BCUT2D eigenvalue weighted by atomic mass is 19.1. The van der Waals surface area contributed by atoms with Crippen LogP contribution in [0.4, 0.5) is 4.39 Å².